The van der Waals surface area contributed by atoms with Crippen molar-refractivity contribution in [3.8, 4) is 0 Å². The molecule has 1 heterocycles. The Morgan fingerprint density at radius 1 is 1.09 bits per heavy atom. The predicted molar refractivity (Wildman–Crippen MR) is 163 cm³/mol. The van der Waals surface area contributed by atoms with Gasteiger partial charge in [-0.2, -0.15) is 13.2 Å². The van der Waals surface area contributed by atoms with E-state index in [0.717, 1.165) is 5.70 Å². The quantitative estimate of drug-likeness (QED) is 0.366. The lowest BCUT2D eigenvalue weighted by Gasteiger charge is -2.35. The van der Waals surface area contributed by atoms with Gasteiger partial charge < -0.3 is 30.0 Å². The lowest BCUT2D eigenvalue weighted by Crippen LogP contribution is -2.46. The van der Waals surface area contributed by atoms with Crippen LogP contribution < -0.4 is 5.32 Å². The van der Waals surface area contributed by atoms with Crippen LogP contribution in [0.4, 0.5) is 17.6 Å². The molecule has 2 aliphatic rings. The number of carbonyl (C=O) groups excluding carboxylic acids is 3. The van der Waals surface area contributed by atoms with Crippen molar-refractivity contribution in [1.82, 2.24) is 24.9 Å². The first kappa shape index (κ1) is 36.5. The first-order valence-corrected chi connectivity index (χ1v) is 15.5. The maximum atomic E-state index is 14.3. The summed E-state index contributed by atoms with van der Waals surface area (Å²) in [6, 6.07) is 1.19. The van der Waals surface area contributed by atoms with E-state index in [2.05, 4.69) is 5.32 Å². The summed E-state index contributed by atoms with van der Waals surface area (Å²) in [6.45, 7) is 3.55. The SMILES string of the molecule is CCCC1CCC(=O)N(CCN(C)C)CN(C2=CC=C(C(=O)O)CC2)CCCN1C(=O)CNC(=O)c1cc(C(F)(F)F)ccc1F. The molecule has 1 aromatic carbocycles. The van der Waals surface area contributed by atoms with Gasteiger partial charge in [0.15, 0.2) is 0 Å². The molecule has 0 radical (unpaired) electrons. The topological polar surface area (TPSA) is 114 Å². The second-order valence-electron chi connectivity index (χ2n) is 11.8. The number of carboxylic acid groups (broad SMARTS) is 1. The molecule has 0 bridgehead atoms. The Hall–Kier alpha value is -3.94. The van der Waals surface area contributed by atoms with Gasteiger partial charge in [0.25, 0.3) is 5.91 Å². The third-order valence-corrected chi connectivity index (χ3v) is 8.16. The molecule has 1 saturated heterocycles. The third kappa shape index (κ3) is 10.3. The van der Waals surface area contributed by atoms with Crippen molar-refractivity contribution in [3.63, 3.8) is 0 Å². The Kier molecular flexibility index (Phi) is 13.2. The number of nitrogens with zero attached hydrogens (tertiary/aromatic N) is 4. The summed E-state index contributed by atoms with van der Waals surface area (Å²) in [5.41, 5.74) is -0.819. The number of amides is 3. The number of halogens is 4. The molecule has 254 valence electrons. The minimum absolute atomic E-state index is 0.0891. The minimum atomic E-state index is -4.78. The number of allylic oxidation sites excluding steroid dienone is 3. The molecule has 0 spiro atoms. The van der Waals surface area contributed by atoms with Crippen molar-refractivity contribution in [2.24, 2.45) is 0 Å². The Morgan fingerprint density at radius 2 is 1.83 bits per heavy atom. The molecule has 1 atom stereocenters. The number of hydrogen-bond donors (Lipinski definition) is 2. The molecule has 10 nitrogen and oxygen atoms in total. The third-order valence-electron chi connectivity index (χ3n) is 8.16. The Bertz CT molecular complexity index is 1330. The van der Waals surface area contributed by atoms with E-state index in [-0.39, 0.29) is 24.9 Å². The van der Waals surface area contributed by atoms with Gasteiger partial charge in [0.1, 0.15) is 5.82 Å². The lowest BCUT2D eigenvalue weighted by molar-refractivity contribution is -0.137. The van der Waals surface area contributed by atoms with Crippen molar-refractivity contribution in [2.75, 3.05) is 53.5 Å². The van der Waals surface area contributed by atoms with Gasteiger partial charge in [0, 0.05) is 49.9 Å². The largest absolute Gasteiger partial charge is 0.478 e. The van der Waals surface area contributed by atoms with Gasteiger partial charge in [-0.1, -0.05) is 19.4 Å². The van der Waals surface area contributed by atoms with Gasteiger partial charge in [-0.15, -0.1) is 0 Å². The summed E-state index contributed by atoms with van der Waals surface area (Å²) < 4.78 is 53.7. The number of aliphatic carboxylic acids is 1. The number of carboxylic acids is 1. The van der Waals surface area contributed by atoms with Gasteiger partial charge in [0.05, 0.1) is 24.3 Å². The van der Waals surface area contributed by atoms with E-state index >= 15 is 0 Å². The van der Waals surface area contributed by atoms with Crippen molar-refractivity contribution >= 4 is 23.7 Å². The fraction of sp³-hybridized carbons (Fsp3) is 0.562. The summed E-state index contributed by atoms with van der Waals surface area (Å²) in [4.78, 5) is 58.6. The van der Waals surface area contributed by atoms with Gasteiger partial charge >= 0.3 is 12.1 Å². The predicted octanol–water partition coefficient (Wildman–Crippen LogP) is 4.09. The molecule has 1 aromatic rings. The van der Waals surface area contributed by atoms with E-state index in [9.17, 15) is 41.8 Å². The van der Waals surface area contributed by atoms with Crippen LogP contribution in [0.3, 0.4) is 0 Å². The normalized spacial score (nSPS) is 18.6. The first-order valence-electron chi connectivity index (χ1n) is 15.5. The molecule has 0 aromatic heterocycles. The van der Waals surface area contributed by atoms with Crippen LogP contribution in [0.1, 0.15) is 67.8 Å². The summed E-state index contributed by atoms with van der Waals surface area (Å²) in [7, 11) is 3.83. The van der Waals surface area contributed by atoms with Crippen LogP contribution in [0.25, 0.3) is 0 Å². The first-order chi connectivity index (χ1) is 21.7. The van der Waals surface area contributed by atoms with Crippen molar-refractivity contribution in [2.45, 2.75) is 64.1 Å². The standard InChI is InChI=1S/C32H43F4N5O5/c1-4-6-25-12-14-28(42)40(18-17-38(2)3)21-39(24-10-7-22(8-11-24)31(45)46)15-5-16-41(25)29(43)20-37-30(44)26-19-23(32(34,35)36)9-13-27(26)33/h7,9-10,13,19,25H,4-6,8,11-12,14-18,20-21H2,1-3H3,(H,37,44)(H,45,46). The average molecular weight is 654 g/mol. The van der Waals surface area contributed by atoms with Crippen LogP contribution in [0.2, 0.25) is 0 Å². The highest BCUT2D eigenvalue weighted by atomic mass is 19.4. The van der Waals surface area contributed by atoms with Crippen molar-refractivity contribution < 1.29 is 41.8 Å². The number of carbonyl (C=O) groups is 4. The smallest absolute Gasteiger partial charge is 0.416 e. The molecule has 46 heavy (non-hydrogen) atoms. The highest BCUT2D eigenvalue weighted by Gasteiger charge is 2.32. The Labute approximate surface area is 266 Å². The maximum absolute atomic E-state index is 14.3. The molecule has 2 N–H and O–H groups in total. The van der Waals surface area contributed by atoms with Crippen LogP contribution in [-0.4, -0.2) is 108 Å². The highest BCUT2D eigenvalue weighted by molar-refractivity contribution is 5.97. The van der Waals surface area contributed by atoms with Crippen LogP contribution in [0.15, 0.2) is 41.6 Å². The molecule has 3 amide bonds. The number of likely N-dealkylation sites (N-methyl/N-ethyl adjacent to an activating group) is 1. The van der Waals surface area contributed by atoms with E-state index in [0.29, 0.717) is 88.6 Å². The molecular weight excluding hydrogens is 610 g/mol. The van der Waals surface area contributed by atoms with Gasteiger partial charge in [-0.05, 0) is 70.5 Å². The van der Waals surface area contributed by atoms with Crippen LogP contribution in [0, 0.1) is 5.82 Å². The van der Waals surface area contributed by atoms with Gasteiger partial charge in [-0.25, -0.2) is 9.18 Å². The summed E-state index contributed by atoms with van der Waals surface area (Å²) in [5.74, 6) is -3.84. The number of nitrogens with one attached hydrogen (secondary N) is 1. The second-order valence-corrected chi connectivity index (χ2v) is 11.8. The molecule has 0 saturated carbocycles. The van der Waals surface area contributed by atoms with E-state index in [1.165, 1.54) is 0 Å². The molecule has 3 rings (SSSR count). The summed E-state index contributed by atoms with van der Waals surface area (Å²) in [6.07, 6.45) is 1.71. The zero-order valence-corrected chi connectivity index (χ0v) is 26.5. The minimum Gasteiger partial charge on any atom is -0.478 e. The number of alkyl halides is 3. The van der Waals surface area contributed by atoms with E-state index in [4.69, 9.17) is 0 Å². The second kappa shape index (κ2) is 16.6. The monoisotopic (exact) mass is 653 g/mol. The molecule has 1 fully saturated rings. The van der Waals surface area contributed by atoms with Crippen molar-refractivity contribution in [1.29, 1.82) is 0 Å². The van der Waals surface area contributed by atoms with Crippen molar-refractivity contribution in [3.05, 3.63) is 58.6 Å². The number of benzene rings is 1. The maximum Gasteiger partial charge on any atom is 0.416 e. The zero-order valence-electron chi connectivity index (χ0n) is 26.5. The molecule has 1 unspecified atom stereocenters. The lowest BCUT2D eigenvalue weighted by atomic mass is 10.0. The summed E-state index contributed by atoms with van der Waals surface area (Å²) in [5, 5.41) is 11.6. The van der Waals surface area contributed by atoms with Crippen LogP contribution >= 0.6 is 0 Å². The Balaban J connectivity index is 1.83. The fourth-order valence-electron chi connectivity index (χ4n) is 5.58. The molecular formula is C32H43F4N5O5. The van der Waals surface area contributed by atoms with E-state index < -0.39 is 47.4 Å². The van der Waals surface area contributed by atoms with Gasteiger partial charge in [0.2, 0.25) is 11.8 Å². The van der Waals surface area contributed by atoms with Crippen LogP contribution in [-0.2, 0) is 20.6 Å². The molecule has 1 aliphatic carbocycles. The zero-order chi connectivity index (χ0) is 34.0. The van der Waals surface area contributed by atoms with Gasteiger partial charge in [-0.3, -0.25) is 14.4 Å². The number of hydrogen-bond acceptors (Lipinski definition) is 6. The number of rotatable bonds is 10. The molecule has 1 aliphatic heterocycles. The fourth-order valence-corrected chi connectivity index (χ4v) is 5.58. The van der Waals surface area contributed by atoms with Crippen LogP contribution in [0.5, 0.6) is 0 Å². The van der Waals surface area contributed by atoms with E-state index in [1.807, 2.05) is 30.8 Å². The molecule has 14 heteroatoms. The average Bonchev–Trinajstić information content (AvgIpc) is 3.03. The summed E-state index contributed by atoms with van der Waals surface area (Å²) >= 11 is 0. The van der Waals surface area contributed by atoms with E-state index in [1.54, 1.807) is 22.0 Å². The Morgan fingerprint density at radius 3 is 2.43 bits per heavy atom. The highest BCUT2D eigenvalue weighted by Crippen LogP contribution is 2.30.